The zero-order valence-electron chi connectivity index (χ0n) is 12.1. The molecule has 2 aromatic carbocycles. The van der Waals surface area contributed by atoms with Crippen molar-refractivity contribution < 1.29 is 17.2 Å². The minimum atomic E-state index is -4.78. The molecule has 0 heterocycles. The number of nitrogens with zero attached hydrogens (tertiary/aromatic N) is 1. The molecule has 2 aromatic rings. The van der Waals surface area contributed by atoms with Gasteiger partial charge < -0.3 is 0 Å². The number of halogens is 2. The van der Waals surface area contributed by atoms with Gasteiger partial charge in [-0.1, -0.05) is 42.0 Å². The van der Waals surface area contributed by atoms with Gasteiger partial charge in [0.1, 0.15) is 0 Å². The topological polar surface area (TPSA) is 77.3 Å². The molecule has 8 heteroatoms. The van der Waals surface area contributed by atoms with Crippen molar-refractivity contribution in [2.45, 2.75) is 4.90 Å². The zero-order chi connectivity index (χ0) is 17.7. The molecule has 0 aliphatic carbocycles. The maximum Gasteiger partial charge on any atom is 0.332 e. The second kappa shape index (κ2) is 7.37. The zero-order valence-corrected chi connectivity index (χ0v) is 13.7. The van der Waals surface area contributed by atoms with E-state index in [2.05, 4.69) is 0 Å². The van der Waals surface area contributed by atoms with Crippen LogP contribution in [0.15, 0.2) is 59.5 Å². The first-order valence-corrected chi connectivity index (χ1v) is 8.37. The second-order valence-electron chi connectivity index (χ2n) is 4.69. The lowest BCUT2D eigenvalue weighted by molar-refractivity contribution is -0.384. The van der Waals surface area contributed by atoms with Crippen LogP contribution in [0.4, 0.5) is 9.57 Å². The Bertz CT molecular complexity index is 922. The summed E-state index contributed by atoms with van der Waals surface area (Å²) in [6.07, 6.45) is 6.71. The fourth-order valence-corrected chi connectivity index (χ4v) is 2.63. The van der Waals surface area contributed by atoms with Crippen molar-refractivity contribution in [1.29, 1.82) is 0 Å². The molecule has 0 N–H and O–H groups in total. The third kappa shape index (κ3) is 4.74. The first-order chi connectivity index (χ1) is 11.3. The summed E-state index contributed by atoms with van der Waals surface area (Å²) in [4.78, 5) is 9.58. The molecule has 0 aromatic heterocycles. The van der Waals surface area contributed by atoms with Crippen LogP contribution in [0.3, 0.4) is 0 Å². The lowest BCUT2D eigenvalue weighted by atomic mass is 10.1. The average Bonchev–Trinajstić information content (AvgIpc) is 2.52. The van der Waals surface area contributed by atoms with Gasteiger partial charge in [0.2, 0.25) is 0 Å². The van der Waals surface area contributed by atoms with Gasteiger partial charge >= 0.3 is 10.2 Å². The van der Waals surface area contributed by atoms with E-state index in [-0.39, 0.29) is 10.7 Å². The van der Waals surface area contributed by atoms with Crippen LogP contribution >= 0.6 is 11.6 Å². The van der Waals surface area contributed by atoms with Crippen molar-refractivity contribution in [2.24, 2.45) is 0 Å². The number of benzene rings is 2. The molecule has 0 fully saturated rings. The molecular weight excluding hydrogens is 357 g/mol. The van der Waals surface area contributed by atoms with E-state index < -0.39 is 20.0 Å². The second-order valence-corrected chi connectivity index (χ2v) is 6.44. The van der Waals surface area contributed by atoms with Gasteiger partial charge in [-0.3, -0.25) is 10.1 Å². The molecule has 0 spiro atoms. The molecule has 124 valence electrons. The van der Waals surface area contributed by atoms with E-state index >= 15 is 0 Å². The van der Waals surface area contributed by atoms with Crippen LogP contribution in [0.25, 0.3) is 12.2 Å². The summed E-state index contributed by atoms with van der Waals surface area (Å²) in [5.74, 6) is 0. The molecule has 0 atom stereocenters. The van der Waals surface area contributed by atoms with Gasteiger partial charge in [0.05, 0.1) is 9.82 Å². The third-order valence-corrected chi connectivity index (χ3v) is 4.18. The molecule has 5 nitrogen and oxygen atoms in total. The molecule has 0 radical (unpaired) electrons. The number of nitro groups is 1. The largest absolute Gasteiger partial charge is 0.332 e. The van der Waals surface area contributed by atoms with E-state index in [0.29, 0.717) is 5.56 Å². The average molecular weight is 368 g/mol. The Morgan fingerprint density at radius 2 is 1.67 bits per heavy atom. The molecule has 0 aliphatic rings. The van der Waals surface area contributed by atoms with Gasteiger partial charge in [0.15, 0.2) is 0 Å². The van der Waals surface area contributed by atoms with Crippen LogP contribution in [0.5, 0.6) is 0 Å². The van der Waals surface area contributed by atoms with Gasteiger partial charge in [0, 0.05) is 17.2 Å². The molecule has 0 saturated carbocycles. The minimum absolute atomic E-state index is 0.0115. The van der Waals surface area contributed by atoms with E-state index in [9.17, 15) is 22.4 Å². The van der Waals surface area contributed by atoms with Crippen molar-refractivity contribution in [3.63, 3.8) is 0 Å². The molecule has 24 heavy (non-hydrogen) atoms. The highest BCUT2D eigenvalue weighted by Gasteiger charge is 2.12. The maximum absolute atomic E-state index is 12.8. The van der Waals surface area contributed by atoms with Gasteiger partial charge in [-0.2, -0.15) is 8.42 Å². The molecule has 0 saturated heterocycles. The number of hydrogen-bond acceptors (Lipinski definition) is 4. The Labute approximate surface area is 143 Å². The number of nitro benzene ring substituents is 1. The van der Waals surface area contributed by atoms with E-state index in [1.807, 2.05) is 0 Å². The summed E-state index contributed by atoms with van der Waals surface area (Å²) in [6.45, 7) is 0. The Kier molecular flexibility index (Phi) is 5.48. The fourth-order valence-electron chi connectivity index (χ4n) is 1.83. The predicted molar refractivity (Wildman–Crippen MR) is 90.9 cm³/mol. The monoisotopic (exact) mass is 367 g/mol. The van der Waals surface area contributed by atoms with Gasteiger partial charge in [-0.25, -0.2) is 0 Å². The number of non-ortho nitro benzene ring substituents is 1. The normalized spacial score (nSPS) is 12.1. The molecule has 0 aliphatic heterocycles. The lowest BCUT2D eigenvalue weighted by Crippen LogP contribution is -1.91. The van der Waals surface area contributed by atoms with Crippen molar-refractivity contribution in [2.75, 3.05) is 0 Å². The third-order valence-electron chi connectivity index (χ3n) is 3.03. The molecule has 0 unspecified atom stereocenters. The smallest absolute Gasteiger partial charge is 0.258 e. The number of rotatable bonds is 5. The van der Waals surface area contributed by atoms with Crippen LogP contribution in [-0.4, -0.2) is 13.3 Å². The maximum atomic E-state index is 12.8. The van der Waals surface area contributed by atoms with Gasteiger partial charge in [0.25, 0.3) is 5.69 Å². The van der Waals surface area contributed by atoms with E-state index in [1.165, 1.54) is 18.2 Å². The lowest BCUT2D eigenvalue weighted by Gasteiger charge is -2.00. The summed E-state index contributed by atoms with van der Waals surface area (Å²) >= 11 is 5.91. The molecular formula is C16H11ClFNO4S. The molecule has 0 bridgehead atoms. The van der Waals surface area contributed by atoms with Crippen molar-refractivity contribution in [1.82, 2.24) is 0 Å². The first kappa shape index (κ1) is 17.8. The highest BCUT2D eigenvalue weighted by Crippen LogP contribution is 2.23. The summed E-state index contributed by atoms with van der Waals surface area (Å²) in [7, 11) is -4.78. The summed E-state index contributed by atoms with van der Waals surface area (Å²) in [5.41, 5.74) is 1.31. The summed E-state index contributed by atoms with van der Waals surface area (Å²) in [6, 6.07) is 9.57. The Hall–Kier alpha value is -2.51. The fraction of sp³-hybridized carbons (Fsp3) is 0. The van der Waals surface area contributed by atoms with Crippen molar-refractivity contribution in [3.8, 4) is 0 Å². The minimum Gasteiger partial charge on any atom is -0.258 e. The van der Waals surface area contributed by atoms with Crippen molar-refractivity contribution in [3.05, 3.63) is 80.9 Å². The van der Waals surface area contributed by atoms with Crippen LogP contribution in [0.2, 0.25) is 5.02 Å². The summed E-state index contributed by atoms with van der Waals surface area (Å²) < 4.78 is 34.4. The van der Waals surface area contributed by atoms with Crippen LogP contribution in [0, 0.1) is 10.1 Å². The van der Waals surface area contributed by atoms with Crippen molar-refractivity contribution >= 4 is 39.7 Å². The Morgan fingerprint density at radius 3 is 2.21 bits per heavy atom. The van der Waals surface area contributed by atoms with Crippen LogP contribution in [0.1, 0.15) is 11.1 Å². The molecule has 2 rings (SSSR count). The number of allylic oxidation sites excluding steroid dienone is 2. The molecule has 0 amide bonds. The number of hydrogen-bond donors (Lipinski definition) is 0. The highest BCUT2D eigenvalue weighted by atomic mass is 35.5. The Morgan fingerprint density at radius 1 is 1.04 bits per heavy atom. The van der Waals surface area contributed by atoms with E-state index in [4.69, 9.17) is 11.6 Å². The standard InChI is InChI=1S/C16H11ClFNO4S/c17-16-11-15(24(18,22)23)10-7-13(16)4-2-1-3-12-5-8-14(9-6-12)19(20)21/h1-11H. The predicted octanol–water partition coefficient (Wildman–Crippen LogP) is 4.63. The Balaban J connectivity index is 2.10. The van der Waals surface area contributed by atoms with Crippen LogP contribution < -0.4 is 0 Å². The summed E-state index contributed by atoms with van der Waals surface area (Å²) in [5, 5.41) is 10.7. The SMILES string of the molecule is O=[N+]([O-])c1ccc(C=CC=Cc2ccc(S(=O)(=O)F)cc2Cl)cc1. The van der Waals surface area contributed by atoms with Gasteiger partial charge in [-0.05, 0) is 35.4 Å². The van der Waals surface area contributed by atoms with E-state index in [1.54, 1.807) is 36.4 Å². The highest BCUT2D eigenvalue weighted by molar-refractivity contribution is 7.86. The van der Waals surface area contributed by atoms with Gasteiger partial charge in [-0.15, -0.1) is 3.89 Å². The quantitative estimate of drug-likeness (QED) is 0.334. The first-order valence-electron chi connectivity index (χ1n) is 6.61. The van der Waals surface area contributed by atoms with E-state index in [0.717, 1.165) is 17.7 Å². The van der Waals surface area contributed by atoms with Crippen LogP contribution in [-0.2, 0) is 10.2 Å².